The third-order valence-electron chi connectivity index (χ3n) is 9.88. The second-order valence-corrected chi connectivity index (χ2v) is 17.6. The maximum absolute atomic E-state index is 13.3. The molecule has 310 valence electrons. The standard InChI is InChI=1S/C42H84NO8P/c1-6-8-10-12-14-16-18-20-21-23-24-26-28-30-32-34-39(45)42(51-52(47,48)49-37-36-43(3,4)5)40(38-44)50-41(46)35-33-31-29-27-25-22-19-17-15-13-11-9-7-2/h40,42,44H,6-38H2,1-5H3/t40-,42?/m0/s1. The maximum atomic E-state index is 13.3. The molecule has 0 saturated heterocycles. The SMILES string of the molecule is CCCCCCCCCCCCCCCCCC(=O)C(OP(=O)([O-])OCC[N+](C)(C)C)[C@H](CO)OC(=O)CCCCCCCCCCCCCCC. The smallest absolute Gasteiger partial charge is 0.306 e. The van der Waals surface area contributed by atoms with E-state index in [0.29, 0.717) is 23.9 Å². The van der Waals surface area contributed by atoms with Gasteiger partial charge >= 0.3 is 5.97 Å². The van der Waals surface area contributed by atoms with Crippen LogP contribution < -0.4 is 4.89 Å². The number of hydrogen-bond donors (Lipinski definition) is 1. The molecule has 0 fully saturated rings. The van der Waals surface area contributed by atoms with Gasteiger partial charge in [0, 0.05) is 12.8 Å². The predicted molar refractivity (Wildman–Crippen MR) is 213 cm³/mol. The summed E-state index contributed by atoms with van der Waals surface area (Å²) in [6.45, 7) is 4.06. The minimum absolute atomic E-state index is 0.0781. The fourth-order valence-corrected chi connectivity index (χ4v) is 7.35. The number of rotatable bonds is 40. The Morgan fingerprint density at radius 1 is 0.596 bits per heavy atom. The van der Waals surface area contributed by atoms with E-state index in [1.165, 1.54) is 128 Å². The van der Waals surface area contributed by atoms with Crippen molar-refractivity contribution < 1.29 is 42.4 Å². The number of nitrogens with zero attached hydrogens (tertiary/aromatic N) is 1. The molecule has 1 N–H and O–H groups in total. The van der Waals surface area contributed by atoms with Crippen molar-refractivity contribution in [1.29, 1.82) is 0 Å². The summed E-state index contributed by atoms with van der Waals surface area (Å²) in [6, 6.07) is 0. The van der Waals surface area contributed by atoms with Gasteiger partial charge in [-0.25, -0.2) is 0 Å². The summed E-state index contributed by atoms with van der Waals surface area (Å²) >= 11 is 0. The molecule has 3 atom stereocenters. The Kier molecular flexibility index (Phi) is 34.1. The van der Waals surface area contributed by atoms with E-state index in [0.717, 1.165) is 38.5 Å². The Morgan fingerprint density at radius 2 is 0.942 bits per heavy atom. The van der Waals surface area contributed by atoms with Crippen LogP contribution in [0.3, 0.4) is 0 Å². The number of likely N-dealkylation sites (N-methyl/N-ethyl adjacent to an activating group) is 1. The normalized spacial score (nSPS) is 14.3. The molecule has 0 aromatic heterocycles. The lowest BCUT2D eigenvalue weighted by atomic mass is 10.0. The number of phosphoric acid groups is 1. The number of aliphatic hydroxyl groups is 1. The first kappa shape index (κ1) is 51.2. The van der Waals surface area contributed by atoms with Gasteiger partial charge in [0.05, 0.1) is 27.7 Å². The van der Waals surface area contributed by atoms with E-state index in [-0.39, 0.29) is 19.4 Å². The number of carbonyl (C=O) groups excluding carboxylic acids is 2. The number of quaternary nitrogens is 1. The van der Waals surface area contributed by atoms with Gasteiger partial charge in [0.25, 0.3) is 7.82 Å². The number of unbranched alkanes of at least 4 members (excludes halogenated alkanes) is 26. The molecule has 52 heavy (non-hydrogen) atoms. The van der Waals surface area contributed by atoms with Crippen LogP contribution in [0.15, 0.2) is 0 Å². The zero-order chi connectivity index (χ0) is 38.8. The van der Waals surface area contributed by atoms with Gasteiger partial charge in [-0.3, -0.25) is 14.2 Å². The van der Waals surface area contributed by atoms with Gasteiger partial charge in [-0.2, -0.15) is 0 Å². The van der Waals surface area contributed by atoms with E-state index in [1.807, 2.05) is 21.1 Å². The van der Waals surface area contributed by atoms with Crippen LogP contribution in [0.1, 0.15) is 206 Å². The van der Waals surface area contributed by atoms with Crippen molar-refractivity contribution in [3.05, 3.63) is 0 Å². The molecular formula is C42H84NO8P. The zero-order valence-electron chi connectivity index (χ0n) is 34.7. The van der Waals surface area contributed by atoms with Crippen LogP contribution in [-0.4, -0.2) is 74.5 Å². The number of Topliss-reactive ketones (excluding diaryl/α,β-unsaturated/α-hetero) is 1. The van der Waals surface area contributed by atoms with E-state index in [2.05, 4.69) is 13.8 Å². The Labute approximate surface area is 320 Å². The second-order valence-electron chi connectivity index (χ2n) is 16.2. The molecule has 0 heterocycles. The zero-order valence-corrected chi connectivity index (χ0v) is 35.6. The molecule has 0 radical (unpaired) electrons. The average molecular weight is 762 g/mol. The Bertz CT molecular complexity index is 881. The fourth-order valence-electron chi connectivity index (χ4n) is 6.45. The highest BCUT2D eigenvalue weighted by Gasteiger charge is 2.35. The van der Waals surface area contributed by atoms with Crippen LogP contribution in [0.5, 0.6) is 0 Å². The lowest BCUT2D eigenvalue weighted by Crippen LogP contribution is -2.43. The monoisotopic (exact) mass is 762 g/mol. The van der Waals surface area contributed by atoms with Gasteiger partial charge in [0.15, 0.2) is 18.0 Å². The number of phosphoric ester groups is 1. The molecule has 0 aromatic rings. The van der Waals surface area contributed by atoms with Crippen LogP contribution in [0.4, 0.5) is 0 Å². The second kappa shape index (κ2) is 34.6. The molecule has 0 rings (SSSR count). The first-order valence-electron chi connectivity index (χ1n) is 21.7. The highest BCUT2D eigenvalue weighted by Crippen LogP contribution is 2.41. The summed E-state index contributed by atoms with van der Waals surface area (Å²) in [7, 11) is 0.806. The van der Waals surface area contributed by atoms with E-state index in [4.69, 9.17) is 13.8 Å². The topological polar surface area (TPSA) is 122 Å². The summed E-state index contributed by atoms with van der Waals surface area (Å²) in [4.78, 5) is 38.8. The third kappa shape index (κ3) is 33.7. The number of hydrogen-bond acceptors (Lipinski definition) is 8. The molecule has 0 aliphatic rings. The highest BCUT2D eigenvalue weighted by atomic mass is 31.2. The number of carbonyl (C=O) groups is 2. The minimum atomic E-state index is -4.91. The summed E-state index contributed by atoms with van der Waals surface area (Å²) in [5.41, 5.74) is 0. The summed E-state index contributed by atoms with van der Waals surface area (Å²) < 4.78 is 29.0. The molecule has 9 nitrogen and oxygen atoms in total. The molecule has 0 saturated carbocycles. The molecule has 2 unspecified atom stereocenters. The summed E-state index contributed by atoms with van der Waals surface area (Å²) in [5, 5.41) is 10.1. The lowest BCUT2D eigenvalue weighted by Gasteiger charge is -2.32. The van der Waals surface area contributed by atoms with Crippen LogP contribution in [0, 0.1) is 0 Å². The molecule has 0 aliphatic heterocycles. The average Bonchev–Trinajstić information content (AvgIpc) is 3.09. The van der Waals surface area contributed by atoms with E-state index in [9.17, 15) is 24.2 Å². The van der Waals surface area contributed by atoms with Crippen molar-refractivity contribution in [2.24, 2.45) is 0 Å². The van der Waals surface area contributed by atoms with Crippen LogP contribution in [-0.2, 0) is 27.9 Å². The van der Waals surface area contributed by atoms with Crippen molar-refractivity contribution >= 4 is 19.6 Å². The number of ether oxygens (including phenoxy) is 1. The van der Waals surface area contributed by atoms with Crippen molar-refractivity contribution in [1.82, 2.24) is 0 Å². The largest absolute Gasteiger partial charge is 0.756 e. The molecule has 0 bridgehead atoms. The van der Waals surface area contributed by atoms with E-state index >= 15 is 0 Å². The predicted octanol–water partition coefficient (Wildman–Crippen LogP) is 10.8. The van der Waals surface area contributed by atoms with Crippen molar-refractivity contribution in [2.45, 2.75) is 219 Å². The molecular weight excluding hydrogens is 677 g/mol. The van der Waals surface area contributed by atoms with E-state index in [1.54, 1.807) is 0 Å². The number of aliphatic hydroxyl groups excluding tert-OH is 1. The fraction of sp³-hybridized carbons (Fsp3) is 0.952. The van der Waals surface area contributed by atoms with Crippen LogP contribution in [0.25, 0.3) is 0 Å². The lowest BCUT2D eigenvalue weighted by molar-refractivity contribution is -0.870. The molecule has 0 amide bonds. The van der Waals surface area contributed by atoms with Gasteiger partial charge < -0.3 is 28.3 Å². The van der Waals surface area contributed by atoms with Crippen LogP contribution >= 0.6 is 7.82 Å². The van der Waals surface area contributed by atoms with Crippen molar-refractivity contribution in [3.63, 3.8) is 0 Å². The Hall–Kier alpha value is -0.830. The van der Waals surface area contributed by atoms with Gasteiger partial charge in [-0.15, -0.1) is 0 Å². The number of ketones is 1. The first-order valence-corrected chi connectivity index (χ1v) is 23.2. The summed E-state index contributed by atoms with van der Waals surface area (Å²) in [6.07, 6.45) is 30.6. The maximum Gasteiger partial charge on any atom is 0.306 e. The summed E-state index contributed by atoms with van der Waals surface area (Å²) in [5.74, 6) is -1.07. The minimum Gasteiger partial charge on any atom is -0.756 e. The van der Waals surface area contributed by atoms with Crippen molar-refractivity contribution in [3.8, 4) is 0 Å². The highest BCUT2D eigenvalue weighted by molar-refractivity contribution is 7.45. The Morgan fingerprint density at radius 3 is 1.29 bits per heavy atom. The van der Waals surface area contributed by atoms with Crippen molar-refractivity contribution in [2.75, 3.05) is 40.9 Å². The van der Waals surface area contributed by atoms with Gasteiger partial charge in [0.1, 0.15) is 13.2 Å². The molecule has 0 aromatic carbocycles. The Balaban J connectivity index is 4.62. The quantitative estimate of drug-likeness (QED) is 0.0283. The molecule has 0 spiro atoms. The van der Waals surface area contributed by atoms with Gasteiger partial charge in [-0.1, -0.05) is 181 Å². The molecule has 0 aliphatic carbocycles. The van der Waals surface area contributed by atoms with Gasteiger partial charge in [0.2, 0.25) is 0 Å². The third-order valence-corrected chi connectivity index (χ3v) is 10.9. The van der Waals surface area contributed by atoms with Crippen LogP contribution in [0.2, 0.25) is 0 Å². The van der Waals surface area contributed by atoms with E-state index < -0.39 is 38.4 Å². The van der Waals surface area contributed by atoms with Gasteiger partial charge in [-0.05, 0) is 12.8 Å². The number of esters is 1. The first-order chi connectivity index (χ1) is 25.0. The molecule has 10 heteroatoms.